The van der Waals surface area contributed by atoms with E-state index in [-0.39, 0.29) is 5.56 Å². The molecule has 1 aromatic heterocycles. The minimum Gasteiger partial charge on any atom is -0.497 e. The van der Waals surface area contributed by atoms with Gasteiger partial charge in [0.1, 0.15) is 23.1 Å². The van der Waals surface area contributed by atoms with Crippen LogP contribution < -0.4 is 15.0 Å². The van der Waals surface area contributed by atoms with E-state index >= 15 is 0 Å². The van der Waals surface area contributed by atoms with Crippen LogP contribution in [0.15, 0.2) is 59.4 Å². The first kappa shape index (κ1) is 17.3. The molecule has 3 rings (SSSR count). The summed E-state index contributed by atoms with van der Waals surface area (Å²) in [6.07, 6.45) is 0. The van der Waals surface area contributed by atoms with E-state index < -0.39 is 5.56 Å². The van der Waals surface area contributed by atoms with Gasteiger partial charge in [-0.3, -0.25) is 4.79 Å². The third-order valence-corrected chi connectivity index (χ3v) is 4.02. The Labute approximate surface area is 151 Å². The standard InChI is InChI=1S/C21H18N2O3/c1-3-26-17-10-6-15(7-11-17)20-12-18(19(13-22)21(24)23-20)14-4-8-16(25-2)9-5-14/h4-12H,3H2,1-2H3,(H,23,24). The van der Waals surface area contributed by atoms with E-state index in [2.05, 4.69) is 4.98 Å². The molecule has 0 aliphatic rings. The molecule has 0 amide bonds. The molecule has 3 aromatic rings. The zero-order valence-electron chi connectivity index (χ0n) is 14.6. The fraction of sp³-hybridized carbons (Fsp3) is 0.143. The summed E-state index contributed by atoms with van der Waals surface area (Å²) in [7, 11) is 1.59. The minimum atomic E-state index is -0.412. The van der Waals surface area contributed by atoms with Crippen molar-refractivity contribution in [2.45, 2.75) is 6.92 Å². The van der Waals surface area contributed by atoms with Gasteiger partial charge in [0.25, 0.3) is 5.56 Å². The topological polar surface area (TPSA) is 75.1 Å². The number of methoxy groups -OCH3 is 1. The zero-order valence-corrected chi connectivity index (χ0v) is 14.6. The Hall–Kier alpha value is -3.52. The van der Waals surface area contributed by atoms with Crippen LogP contribution in [-0.4, -0.2) is 18.7 Å². The first-order valence-corrected chi connectivity index (χ1v) is 8.21. The Morgan fingerprint density at radius 3 is 2.19 bits per heavy atom. The van der Waals surface area contributed by atoms with E-state index in [1.54, 1.807) is 19.2 Å². The quantitative estimate of drug-likeness (QED) is 0.758. The van der Waals surface area contributed by atoms with E-state index in [1.807, 2.05) is 55.5 Å². The average molecular weight is 346 g/mol. The first-order chi connectivity index (χ1) is 12.7. The fourth-order valence-electron chi connectivity index (χ4n) is 2.72. The van der Waals surface area contributed by atoms with Crippen LogP contribution in [0.25, 0.3) is 22.4 Å². The SMILES string of the molecule is CCOc1ccc(-c2cc(-c3ccc(OC)cc3)c(C#N)c(=O)[nH]2)cc1. The van der Waals surface area contributed by atoms with E-state index in [4.69, 9.17) is 9.47 Å². The van der Waals surface area contributed by atoms with Crippen molar-refractivity contribution >= 4 is 0 Å². The zero-order chi connectivity index (χ0) is 18.5. The molecule has 2 aromatic carbocycles. The molecule has 0 aliphatic heterocycles. The van der Waals surface area contributed by atoms with Crippen LogP contribution in [-0.2, 0) is 0 Å². The van der Waals surface area contributed by atoms with Crippen LogP contribution in [0.4, 0.5) is 0 Å². The molecule has 5 nitrogen and oxygen atoms in total. The molecule has 26 heavy (non-hydrogen) atoms. The van der Waals surface area contributed by atoms with Crippen molar-refractivity contribution < 1.29 is 9.47 Å². The van der Waals surface area contributed by atoms with Gasteiger partial charge in [-0.25, -0.2) is 0 Å². The van der Waals surface area contributed by atoms with Crippen molar-refractivity contribution in [1.29, 1.82) is 5.26 Å². The minimum absolute atomic E-state index is 0.0878. The number of rotatable bonds is 5. The third-order valence-electron chi connectivity index (χ3n) is 4.02. The molecular weight excluding hydrogens is 328 g/mol. The normalized spacial score (nSPS) is 10.2. The number of aromatic nitrogens is 1. The molecule has 0 aliphatic carbocycles. The molecule has 1 N–H and O–H groups in total. The van der Waals surface area contributed by atoms with Gasteiger partial charge < -0.3 is 14.5 Å². The highest BCUT2D eigenvalue weighted by Gasteiger charge is 2.12. The average Bonchev–Trinajstić information content (AvgIpc) is 2.68. The van der Waals surface area contributed by atoms with Gasteiger partial charge in [0.05, 0.1) is 13.7 Å². The molecule has 0 saturated heterocycles. The lowest BCUT2D eigenvalue weighted by atomic mass is 9.99. The van der Waals surface area contributed by atoms with Crippen LogP contribution in [0.3, 0.4) is 0 Å². The molecule has 0 unspecified atom stereocenters. The molecule has 5 heteroatoms. The Morgan fingerprint density at radius 1 is 1.00 bits per heavy atom. The van der Waals surface area contributed by atoms with Crippen LogP contribution in [0.1, 0.15) is 12.5 Å². The number of H-pyrrole nitrogens is 1. The maximum absolute atomic E-state index is 12.4. The summed E-state index contributed by atoms with van der Waals surface area (Å²) >= 11 is 0. The molecule has 0 fully saturated rings. The lowest BCUT2D eigenvalue weighted by Crippen LogP contribution is -2.12. The summed E-state index contributed by atoms with van der Waals surface area (Å²) in [5.74, 6) is 1.48. The number of hydrogen-bond acceptors (Lipinski definition) is 4. The molecule has 0 saturated carbocycles. The maximum atomic E-state index is 12.4. The van der Waals surface area contributed by atoms with Gasteiger partial charge in [0.2, 0.25) is 0 Å². The Balaban J connectivity index is 2.09. The van der Waals surface area contributed by atoms with Gasteiger partial charge in [-0.2, -0.15) is 5.26 Å². The number of benzene rings is 2. The van der Waals surface area contributed by atoms with Gasteiger partial charge >= 0.3 is 0 Å². The van der Waals surface area contributed by atoms with Crippen LogP contribution in [0.5, 0.6) is 11.5 Å². The number of nitrogens with zero attached hydrogens (tertiary/aromatic N) is 1. The van der Waals surface area contributed by atoms with Crippen molar-refractivity contribution in [3.8, 4) is 40.0 Å². The molecule has 0 radical (unpaired) electrons. The summed E-state index contributed by atoms with van der Waals surface area (Å²) in [5.41, 5.74) is 2.52. The van der Waals surface area contributed by atoms with E-state index in [1.165, 1.54) is 0 Å². The number of aromatic amines is 1. The van der Waals surface area contributed by atoms with Crippen molar-refractivity contribution in [2.75, 3.05) is 13.7 Å². The number of nitriles is 1. The van der Waals surface area contributed by atoms with Crippen molar-refractivity contribution in [2.24, 2.45) is 0 Å². The third kappa shape index (κ3) is 3.45. The maximum Gasteiger partial charge on any atom is 0.266 e. The number of hydrogen-bond donors (Lipinski definition) is 1. The lowest BCUT2D eigenvalue weighted by molar-refractivity contribution is 0.340. The van der Waals surface area contributed by atoms with Crippen LogP contribution in [0, 0.1) is 11.3 Å². The van der Waals surface area contributed by atoms with Gasteiger partial charge in [-0.1, -0.05) is 12.1 Å². The summed E-state index contributed by atoms with van der Waals surface area (Å²) in [4.78, 5) is 15.2. The van der Waals surface area contributed by atoms with E-state index in [9.17, 15) is 10.1 Å². The Morgan fingerprint density at radius 2 is 1.62 bits per heavy atom. The van der Waals surface area contributed by atoms with Crippen LogP contribution in [0.2, 0.25) is 0 Å². The number of pyridine rings is 1. The highest BCUT2D eigenvalue weighted by atomic mass is 16.5. The van der Waals surface area contributed by atoms with Gasteiger partial charge in [0.15, 0.2) is 0 Å². The predicted molar refractivity (Wildman–Crippen MR) is 100 cm³/mol. The Kier molecular flexibility index (Phi) is 5.04. The monoisotopic (exact) mass is 346 g/mol. The first-order valence-electron chi connectivity index (χ1n) is 8.21. The van der Waals surface area contributed by atoms with Crippen molar-refractivity contribution in [3.63, 3.8) is 0 Å². The van der Waals surface area contributed by atoms with Crippen LogP contribution >= 0.6 is 0 Å². The molecule has 1 heterocycles. The van der Waals surface area contributed by atoms with Gasteiger partial charge in [-0.05, 0) is 60.5 Å². The lowest BCUT2D eigenvalue weighted by Gasteiger charge is -2.10. The smallest absolute Gasteiger partial charge is 0.266 e. The van der Waals surface area contributed by atoms with Gasteiger partial charge in [-0.15, -0.1) is 0 Å². The second-order valence-electron chi connectivity index (χ2n) is 5.60. The van der Waals surface area contributed by atoms with Crippen molar-refractivity contribution in [1.82, 2.24) is 4.98 Å². The summed E-state index contributed by atoms with van der Waals surface area (Å²) in [5, 5.41) is 9.41. The van der Waals surface area contributed by atoms with E-state index in [0.29, 0.717) is 23.6 Å². The fourth-order valence-corrected chi connectivity index (χ4v) is 2.72. The molecule has 0 bridgehead atoms. The second-order valence-corrected chi connectivity index (χ2v) is 5.60. The highest BCUT2D eigenvalue weighted by molar-refractivity contribution is 5.75. The molecule has 0 spiro atoms. The largest absolute Gasteiger partial charge is 0.497 e. The summed E-state index contributed by atoms with van der Waals surface area (Å²) in [6, 6.07) is 18.5. The number of ether oxygens (including phenoxy) is 2. The summed E-state index contributed by atoms with van der Waals surface area (Å²) < 4.78 is 10.6. The molecular formula is C21H18N2O3. The highest BCUT2D eigenvalue weighted by Crippen LogP contribution is 2.28. The predicted octanol–water partition coefficient (Wildman–Crippen LogP) is 3.99. The molecule has 0 atom stereocenters. The number of nitrogens with one attached hydrogen (secondary N) is 1. The van der Waals surface area contributed by atoms with Crippen molar-refractivity contribution in [3.05, 3.63) is 70.5 Å². The van der Waals surface area contributed by atoms with Gasteiger partial charge in [0, 0.05) is 11.3 Å². The van der Waals surface area contributed by atoms with E-state index in [0.717, 1.165) is 16.9 Å². The summed E-state index contributed by atoms with van der Waals surface area (Å²) in [6.45, 7) is 2.52. The second kappa shape index (κ2) is 7.58. The Bertz CT molecular complexity index is 997. The molecule has 130 valence electrons.